The van der Waals surface area contributed by atoms with Crippen molar-refractivity contribution in [3.8, 4) is 0 Å². The summed E-state index contributed by atoms with van der Waals surface area (Å²) in [4.78, 5) is 4.56. The molecule has 3 nitrogen and oxygen atoms in total. The van der Waals surface area contributed by atoms with Gasteiger partial charge in [0.25, 0.3) is 0 Å². The predicted octanol–water partition coefficient (Wildman–Crippen LogP) is 2.85. The van der Waals surface area contributed by atoms with Crippen molar-refractivity contribution in [1.82, 2.24) is 5.32 Å². The Labute approximate surface area is 113 Å². The SMILES string of the molecule is CCOC(C)CN=C1NC(c2ccccc2)CS1. The van der Waals surface area contributed by atoms with Crippen LogP contribution in [0.15, 0.2) is 35.3 Å². The van der Waals surface area contributed by atoms with Gasteiger partial charge in [-0.05, 0) is 19.4 Å². The van der Waals surface area contributed by atoms with Gasteiger partial charge in [-0.1, -0.05) is 42.1 Å². The molecule has 0 spiro atoms. The van der Waals surface area contributed by atoms with Crippen LogP contribution in [0.4, 0.5) is 0 Å². The van der Waals surface area contributed by atoms with Gasteiger partial charge in [-0.25, -0.2) is 0 Å². The number of hydrogen-bond acceptors (Lipinski definition) is 3. The number of benzene rings is 1. The molecule has 0 bridgehead atoms. The zero-order valence-corrected chi connectivity index (χ0v) is 11.7. The number of nitrogens with one attached hydrogen (secondary N) is 1. The van der Waals surface area contributed by atoms with E-state index in [9.17, 15) is 0 Å². The van der Waals surface area contributed by atoms with Crippen LogP contribution in [0.3, 0.4) is 0 Å². The molecule has 1 saturated heterocycles. The van der Waals surface area contributed by atoms with Gasteiger partial charge in [0.1, 0.15) is 0 Å². The van der Waals surface area contributed by atoms with Crippen LogP contribution in [0.1, 0.15) is 25.5 Å². The van der Waals surface area contributed by atoms with Crippen molar-refractivity contribution in [2.75, 3.05) is 18.9 Å². The Kier molecular flexibility index (Phi) is 5.08. The lowest BCUT2D eigenvalue weighted by atomic mass is 10.1. The van der Waals surface area contributed by atoms with E-state index in [4.69, 9.17) is 4.74 Å². The Morgan fingerprint density at radius 2 is 2.22 bits per heavy atom. The van der Waals surface area contributed by atoms with Crippen molar-refractivity contribution in [3.63, 3.8) is 0 Å². The second kappa shape index (κ2) is 6.81. The van der Waals surface area contributed by atoms with Gasteiger partial charge >= 0.3 is 0 Å². The number of thioether (sulfide) groups is 1. The minimum atomic E-state index is 0.195. The molecule has 1 aliphatic rings. The maximum atomic E-state index is 5.47. The van der Waals surface area contributed by atoms with Gasteiger partial charge in [0.15, 0.2) is 5.17 Å². The van der Waals surface area contributed by atoms with Crippen LogP contribution in [-0.2, 0) is 4.74 Å². The van der Waals surface area contributed by atoms with Crippen LogP contribution in [0, 0.1) is 0 Å². The van der Waals surface area contributed by atoms with Gasteiger partial charge in [0.2, 0.25) is 0 Å². The second-order valence-corrected chi connectivity index (χ2v) is 5.34. The summed E-state index contributed by atoms with van der Waals surface area (Å²) < 4.78 is 5.47. The average molecular weight is 264 g/mol. The molecular weight excluding hydrogens is 244 g/mol. The zero-order chi connectivity index (χ0) is 12.8. The minimum Gasteiger partial charge on any atom is -0.377 e. The maximum absolute atomic E-state index is 5.47. The first-order valence-corrected chi connectivity index (χ1v) is 7.38. The zero-order valence-electron chi connectivity index (χ0n) is 10.9. The van der Waals surface area contributed by atoms with Gasteiger partial charge < -0.3 is 10.1 Å². The lowest BCUT2D eigenvalue weighted by Crippen LogP contribution is -2.21. The van der Waals surface area contributed by atoms with Gasteiger partial charge in [-0.2, -0.15) is 0 Å². The van der Waals surface area contributed by atoms with E-state index in [2.05, 4.69) is 41.5 Å². The molecule has 0 saturated carbocycles. The van der Waals surface area contributed by atoms with Crippen LogP contribution in [-0.4, -0.2) is 30.2 Å². The summed E-state index contributed by atoms with van der Waals surface area (Å²) in [6.07, 6.45) is 0.195. The van der Waals surface area contributed by atoms with E-state index in [-0.39, 0.29) is 6.10 Å². The molecule has 0 radical (unpaired) electrons. The first kappa shape index (κ1) is 13.4. The third-order valence-electron chi connectivity index (χ3n) is 2.83. The first-order chi connectivity index (χ1) is 8.79. The second-order valence-electron chi connectivity index (χ2n) is 4.33. The van der Waals surface area contributed by atoms with Crippen molar-refractivity contribution in [2.45, 2.75) is 26.0 Å². The molecule has 2 rings (SSSR count). The lowest BCUT2D eigenvalue weighted by molar-refractivity contribution is 0.0829. The van der Waals surface area contributed by atoms with Gasteiger partial charge in [-0.3, -0.25) is 4.99 Å². The Morgan fingerprint density at radius 1 is 1.44 bits per heavy atom. The van der Waals surface area contributed by atoms with Crippen molar-refractivity contribution in [3.05, 3.63) is 35.9 Å². The highest BCUT2D eigenvalue weighted by Gasteiger charge is 2.21. The molecule has 0 aromatic heterocycles. The molecule has 1 heterocycles. The molecule has 98 valence electrons. The molecule has 1 N–H and O–H groups in total. The molecule has 1 fully saturated rings. The fourth-order valence-electron chi connectivity index (χ4n) is 1.90. The summed E-state index contributed by atoms with van der Waals surface area (Å²) in [6.45, 7) is 5.55. The number of aliphatic imine (C=N–C) groups is 1. The van der Waals surface area contributed by atoms with Gasteiger partial charge in [0, 0.05) is 12.4 Å². The van der Waals surface area contributed by atoms with Crippen molar-refractivity contribution in [2.24, 2.45) is 4.99 Å². The normalized spacial score (nSPS) is 23.0. The van der Waals surface area contributed by atoms with E-state index >= 15 is 0 Å². The summed E-state index contributed by atoms with van der Waals surface area (Å²) in [5, 5.41) is 4.50. The van der Waals surface area contributed by atoms with Crippen LogP contribution >= 0.6 is 11.8 Å². The Hall–Kier alpha value is -1.00. The highest BCUT2D eigenvalue weighted by Crippen LogP contribution is 2.25. The van der Waals surface area contributed by atoms with Crippen LogP contribution < -0.4 is 5.32 Å². The monoisotopic (exact) mass is 264 g/mol. The number of ether oxygens (including phenoxy) is 1. The number of rotatable bonds is 5. The van der Waals surface area contributed by atoms with E-state index in [1.807, 2.05) is 13.0 Å². The predicted molar refractivity (Wildman–Crippen MR) is 78.2 cm³/mol. The molecule has 1 aliphatic heterocycles. The van der Waals surface area contributed by atoms with Crippen LogP contribution in [0.5, 0.6) is 0 Å². The van der Waals surface area contributed by atoms with Crippen LogP contribution in [0.25, 0.3) is 0 Å². The molecule has 2 unspecified atom stereocenters. The smallest absolute Gasteiger partial charge is 0.157 e. The number of nitrogens with zero attached hydrogens (tertiary/aromatic N) is 1. The maximum Gasteiger partial charge on any atom is 0.157 e. The summed E-state index contributed by atoms with van der Waals surface area (Å²) >= 11 is 1.79. The average Bonchev–Trinajstić information content (AvgIpc) is 2.87. The molecule has 4 heteroatoms. The molecule has 0 amide bonds. The minimum absolute atomic E-state index is 0.195. The van der Waals surface area contributed by atoms with E-state index < -0.39 is 0 Å². The fourth-order valence-corrected chi connectivity index (χ4v) is 2.89. The standard InChI is InChI=1S/C14H20N2OS/c1-3-17-11(2)9-15-14-16-13(10-18-14)12-7-5-4-6-8-12/h4-8,11,13H,3,9-10H2,1-2H3,(H,15,16). The van der Waals surface area contributed by atoms with E-state index in [1.54, 1.807) is 11.8 Å². The molecular formula is C14H20N2OS. The summed E-state index contributed by atoms with van der Waals surface area (Å²) in [7, 11) is 0. The highest BCUT2D eigenvalue weighted by molar-refractivity contribution is 8.14. The van der Waals surface area contributed by atoms with Gasteiger partial charge in [0.05, 0.1) is 18.7 Å². The first-order valence-electron chi connectivity index (χ1n) is 6.40. The topological polar surface area (TPSA) is 33.6 Å². The molecule has 1 aromatic carbocycles. The Balaban J connectivity index is 1.87. The quantitative estimate of drug-likeness (QED) is 0.888. The molecule has 1 aromatic rings. The van der Waals surface area contributed by atoms with E-state index in [0.29, 0.717) is 6.04 Å². The number of amidine groups is 1. The summed E-state index contributed by atoms with van der Waals surface area (Å²) in [5.41, 5.74) is 1.33. The lowest BCUT2D eigenvalue weighted by Gasteiger charge is -2.11. The third kappa shape index (κ3) is 3.75. The number of hydrogen-bond donors (Lipinski definition) is 1. The largest absolute Gasteiger partial charge is 0.377 e. The van der Waals surface area contributed by atoms with Gasteiger partial charge in [-0.15, -0.1) is 0 Å². The molecule has 0 aliphatic carbocycles. The Morgan fingerprint density at radius 3 is 2.94 bits per heavy atom. The highest BCUT2D eigenvalue weighted by atomic mass is 32.2. The fraction of sp³-hybridized carbons (Fsp3) is 0.500. The third-order valence-corrected chi connectivity index (χ3v) is 3.85. The Bertz CT molecular complexity index is 394. The van der Waals surface area contributed by atoms with Crippen molar-refractivity contribution >= 4 is 16.9 Å². The van der Waals surface area contributed by atoms with Crippen LogP contribution in [0.2, 0.25) is 0 Å². The summed E-state index contributed by atoms with van der Waals surface area (Å²) in [5.74, 6) is 1.05. The van der Waals surface area contributed by atoms with E-state index in [0.717, 1.165) is 24.1 Å². The van der Waals surface area contributed by atoms with Crippen molar-refractivity contribution < 1.29 is 4.74 Å². The van der Waals surface area contributed by atoms with Crippen molar-refractivity contribution in [1.29, 1.82) is 0 Å². The summed E-state index contributed by atoms with van der Waals surface area (Å²) in [6, 6.07) is 10.9. The van der Waals surface area contributed by atoms with E-state index in [1.165, 1.54) is 5.56 Å². The molecule has 18 heavy (non-hydrogen) atoms. The molecule has 2 atom stereocenters.